The lowest BCUT2D eigenvalue weighted by Gasteiger charge is -2.39. The average molecular weight is 409 g/mol. The highest BCUT2D eigenvalue weighted by molar-refractivity contribution is 5.93. The van der Waals surface area contributed by atoms with E-state index in [0.29, 0.717) is 37.6 Å². The Morgan fingerprint density at radius 1 is 1.27 bits per heavy atom. The summed E-state index contributed by atoms with van der Waals surface area (Å²) in [5.74, 6) is 1.13. The van der Waals surface area contributed by atoms with Crippen LogP contribution in [0.1, 0.15) is 19.3 Å². The molecule has 0 unspecified atom stereocenters. The Kier molecular flexibility index (Phi) is 6.28. The van der Waals surface area contributed by atoms with Crippen LogP contribution in [0.2, 0.25) is 0 Å². The molecule has 1 N–H and O–H groups in total. The highest BCUT2D eigenvalue weighted by Crippen LogP contribution is 2.35. The number of carbonyl (C=O) groups excluding carboxylic acids is 2. The molecular formula is C23H27N3O4. The van der Waals surface area contributed by atoms with E-state index < -0.39 is 0 Å². The molecule has 0 aliphatic carbocycles. The summed E-state index contributed by atoms with van der Waals surface area (Å²) in [6, 6.07) is 9.69. The van der Waals surface area contributed by atoms with Crippen molar-refractivity contribution in [3.8, 4) is 16.9 Å². The van der Waals surface area contributed by atoms with Crippen molar-refractivity contribution in [3.63, 3.8) is 0 Å². The van der Waals surface area contributed by atoms with Gasteiger partial charge in [0, 0.05) is 44.6 Å². The number of anilines is 1. The number of ether oxygens (including phenoxy) is 2. The SMILES string of the molecule is COCC(=O)N1CC[C@H]2CC(=O)Nc3cc(-c4cccnc4)ccc3OCC[C@H]2C1. The maximum absolute atomic E-state index is 12.8. The van der Waals surface area contributed by atoms with E-state index in [9.17, 15) is 9.59 Å². The molecule has 3 heterocycles. The van der Waals surface area contributed by atoms with E-state index in [1.165, 1.54) is 7.11 Å². The van der Waals surface area contributed by atoms with Crippen LogP contribution in [0.4, 0.5) is 5.69 Å². The zero-order valence-electron chi connectivity index (χ0n) is 17.2. The summed E-state index contributed by atoms with van der Waals surface area (Å²) in [6.07, 6.45) is 5.61. The number of fused-ring (bicyclic) bond motifs is 2. The van der Waals surface area contributed by atoms with Gasteiger partial charge in [0.15, 0.2) is 0 Å². The van der Waals surface area contributed by atoms with Gasteiger partial charge < -0.3 is 19.7 Å². The Morgan fingerprint density at radius 3 is 2.97 bits per heavy atom. The van der Waals surface area contributed by atoms with Crippen molar-refractivity contribution in [2.24, 2.45) is 11.8 Å². The van der Waals surface area contributed by atoms with Crippen LogP contribution < -0.4 is 10.1 Å². The Morgan fingerprint density at radius 2 is 2.17 bits per heavy atom. The minimum atomic E-state index is -0.0169. The monoisotopic (exact) mass is 409 g/mol. The van der Waals surface area contributed by atoms with E-state index in [2.05, 4.69) is 10.3 Å². The van der Waals surface area contributed by atoms with Crippen molar-refractivity contribution < 1.29 is 19.1 Å². The molecule has 1 saturated heterocycles. The molecular weight excluding hydrogens is 382 g/mol. The number of rotatable bonds is 3. The van der Waals surface area contributed by atoms with Gasteiger partial charge in [-0.2, -0.15) is 0 Å². The van der Waals surface area contributed by atoms with E-state index in [0.717, 1.165) is 24.0 Å². The lowest BCUT2D eigenvalue weighted by atomic mass is 9.81. The number of pyridine rings is 1. The number of piperidine rings is 1. The van der Waals surface area contributed by atoms with Crippen LogP contribution in [0.15, 0.2) is 42.7 Å². The molecule has 2 aromatic rings. The number of benzene rings is 1. The Hall–Kier alpha value is -2.93. The molecule has 0 saturated carbocycles. The summed E-state index contributed by atoms with van der Waals surface area (Å²) in [5.41, 5.74) is 2.65. The quantitative estimate of drug-likeness (QED) is 0.843. The van der Waals surface area contributed by atoms with Gasteiger partial charge in [0.2, 0.25) is 11.8 Å². The zero-order valence-corrected chi connectivity index (χ0v) is 17.2. The molecule has 2 aliphatic heterocycles. The molecule has 1 fully saturated rings. The third kappa shape index (κ3) is 4.62. The summed E-state index contributed by atoms with van der Waals surface area (Å²) in [4.78, 5) is 31.0. The molecule has 7 heteroatoms. The van der Waals surface area contributed by atoms with Gasteiger partial charge >= 0.3 is 0 Å². The van der Waals surface area contributed by atoms with Crippen LogP contribution in [-0.2, 0) is 14.3 Å². The highest BCUT2D eigenvalue weighted by atomic mass is 16.5. The Bertz CT molecular complexity index is 903. The van der Waals surface area contributed by atoms with Gasteiger partial charge in [-0.15, -0.1) is 0 Å². The highest BCUT2D eigenvalue weighted by Gasteiger charge is 2.33. The predicted molar refractivity (Wildman–Crippen MR) is 113 cm³/mol. The number of aromatic nitrogens is 1. The number of nitrogens with one attached hydrogen (secondary N) is 1. The summed E-state index contributed by atoms with van der Waals surface area (Å²) in [7, 11) is 1.53. The minimum Gasteiger partial charge on any atom is -0.491 e. The summed E-state index contributed by atoms with van der Waals surface area (Å²) < 4.78 is 11.0. The van der Waals surface area contributed by atoms with Gasteiger partial charge in [0.25, 0.3) is 0 Å². The maximum Gasteiger partial charge on any atom is 0.248 e. The molecule has 0 bridgehead atoms. The van der Waals surface area contributed by atoms with E-state index in [-0.39, 0.29) is 30.3 Å². The molecule has 1 aromatic carbocycles. The van der Waals surface area contributed by atoms with Crippen LogP contribution in [-0.4, -0.2) is 55.1 Å². The van der Waals surface area contributed by atoms with Crippen molar-refractivity contribution in [2.45, 2.75) is 19.3 Å². The van der Waals surface area contributed by atoms with Gasteiger partial charge in [-0.25, -0.2) is 0 Å². The lowest BCUT2D eigenvalue weighted by molar-refractivity contribution is -0.138. The number of carbonyl (C=O) groups is 2. The second-order valence-electron chi connectivity index (χ2n) is 7.92. The average Bonchev–Trinajstić information content (AvgIpc) is 2.76. The number of methoxy groups -OCH3 is 1. The fraction of sp³-hybridized carbons (Fsp3) is 0.435. The fourth-order valence-electron chi connectivity index (χ4n) is 4.34. The van der Waals surface area contributed by atoms with Gasteiger partial charge in [-0.05, 0) is 48.4 Å². The topological polar surface area (TPSA) is 80.8 Å². The molecule has 0 spiro atoms. The van der Waals surface area contributed by atoms with Crippen LogP contribution >= 0.6 is 0 Å². The van der Waals surface area contributed by atoms with E-state index >= 15 is 0 Å². The van der Waals surface area contributed by atoms with Crippen LogP contribution in [0, 0.1) is 11.8 Å². The van der Waals surface area contributed by atoms with E-state index in [1.54, 1.807) is 12.4 Å². The lowest BCUT2D eigenvalue weighted by Crippen LogP contribution is -2.46. The van der Waals surface area contributed by atoms with Crippen LogP contribution in [0.3, 0.4) is 0 Å². The number of amides is 2. The first-order valence-electron chi connectivity index (χ1n) is 10.4. The number of nitrogens with zero attached hydrogens (tertiary/aromatic N) is 2. The molecule has 2 aliphatic rings. The molecule has 0 radical (unpaired) electrons. The summed E-state index contributed by atoms with van der Waals surface area (Å²) in [5, 5.41) is 3.04. The maximum atomic E-state index is 12.8. The fourth-order valence-corrected chi connectivity index (χ4v) is 4.34. The normalized spacial score (nSPS) is 21.6. The first-order valence-corrected chi connectivity index (χ1v) is 10.4. The number of likely N-dealkylation sites (tertiary alicyclic amines) is 1. The van der Waals surface area contributed by atoms with Gasteiger partial charge in [-0.1, -0.05) is 12.1 Å². The Balaban J connectivity index is 1.51. The molecule has 30 heavy (non-hydrogen) atoms. The third-order valence-electron chi connectivity index (χ3n) is 5.95. The summed E-state index contributed by atoms with van der Waals surface area (Å²) >= 11 is 0. The van der Waals surface area contributed by atoms with Gasteiger partial charge in [0.05, 0.1) is 12.3 Å². The standard InChI is InChI=1S/C23H27N3O4/c1-29-15-23(28)26-9-6-17-12-22(27)25-20-11-16(18-3-2-8-24-13-18)4-5-21(20)30-10-7-19(17)14-26/h2-5,8,11,13,17,19H,6-7,9-10,12,14-15H2,1H3,(H,25,27)/t17-,19-/m0/s1. The molecule has 1 aromatic heterocycles. The second kappa shape index (κ2) is 9.26. The van der Waals surface area contributed by atoms with E-state index in [4.69, 9.17) is 9.47 Å². The molecule has 7 nitrogen and oxygen atoms in total. The van der Waals surface area contributed by atoms with Crippen molar-refractivity contribution in [3.05, 3.63) is 42.7 Å². The van der Waals surface area contributed by atoms with Crippen molar-refractivity contribution >= 4 is 17.5 Å². The van der Waals surface area contributed by atoms with Gasteiger partial charge in [-0.3, -0.25) is 14.6 Å². The predicted octanol–water partition coefficient (Wildman–Crippen LogP) is 2.97. The summed E-state index contributed by atoms with van der Waals surface area (Å²) in [6.45, 7) is 1.96. The van der Waals surface area contributed by atoms with Crippen LogP contribution in [0.25, 0.3) is 11.1 Å². The molecule has 2 atom stereocenters. The Labute approximate surface area is 176 Å². The number of hydrogen-bond acceptors (Lipinski definition) is 5. The number of hydrogen-bond donors (Lipinski definition) is 1. The second-order valence-corrected chi connectivity index (χ2v) is 7.92. The molecule has 4 rings (SSSR count). The van der Waals surface area contributed by atoms with Crippen molar-refractivity contribution in [1.29, 1.82) is 0 Å². The molecule has 158 valence electrons. The third-order valence-corrected chi connectivity index (χ3v) is 5.95. The first kappa shape index (κ1) is 20.3. The minimum absolute atomic E-state index is 0.00620. The first-order chi connectivity index (χ1) is 14.6. The smallest absolute Gasteiger partial charge is 0.248 e. The largest absolute Gasteiger partial charge is 0.491 e. The van der Waals surface area contributed by atoms with Gasteiger partial charge in [0.1, 0.15) is 12.4 Å². The van der Waals surface area contributed by atoms with Crippen LogP contribution in [0.5, 0.6) is 5.75 Å². The van der Waals surface area contributed by atoms with Crippen molar-refractivity contribution in [1.82, 2.24) is 9.88 Å². The van der Waals surface area contributed by atoms with E-state index in [1.807, 2.05) is 35.2 Å². The van der Waals surface area contributed by atoms with Crippen molar-refractivity contribution in [2.75, 3.05) is 38.7 Å². The zero-order chi connectivity index (χ0) is 20.9. The molecule has 2 amide bonds.